The molecule has 2 rings (SSSR count). The van der Waals surface area contributed by atoms with Crippen LogP contribution in [0.1, 0.15) is 5.69 Å². The smallest absolute Gasteiger partial charge is 0.0926 e. The van der Waals surface area contributed by atoms with E-state index >= 15 is 0 Å². The van der Waals surface area contributed by atoms with Crippen LogP contribution in [0.2, 0.25) is 0 Å². The average Bonchev–Trinajstić information content (AvgIpc) is 2.72. The largest absolute Gasteiger partial charge is 0.314 e. The van der Waals surface area contributed by atoms with Crippen LogP contribution in [0.3, 0.4) is 0 Å². The lowest BCUT2D eigenvalue weighted by Gasteiger charge is -1.98. The van der Waals surface area contributed by atoms with Crippen molar-refractivity contribution >= 4 is 11.8 Å². The molecule has 3 nitrogen and oxygen atoms in total. The third kappa shape index (κ3) is 2.70. The zero-order valence-corrected chi connectivity index (χ0v) is 11.2. The monoisotopic (exact) mass is 247 g/mol. The van der Waals surface area contributed by atoms with Gasteiger partial charge in [-0.15, -0.1) is 11.8 Å². The van der Waals surface area contributed by atoms with Gasteiger partial charge in [-0.25, -0.2) is 0 Å². The molecule has 1 heterocycles. The van der Waals surface area contributed by atoms with E-state index in [1.165, 1.54) is 16.2 Å². The summed E-state index contributed by atoms with van der Waals surface area (Å²) in [6, 6.07) is 10.6. The molecule has 0 radical (unpaired) electrons. The number of benzene rings is 1. The fourth-order valence-electron chi connectivity index (χ4n) is 1.76. The van der Waals surface area contributed by atoms with Crippen LogP contribution in [0.4, 0.5) is 0 Å². The van der Waals surface area contributed by atoms with E-state index < -0.39 is 0 Å². The Bertz CT molecular complexity index is 488. The Morgan fingerprint density at radius 3 is 2.59 bits per heavy atom. The molecule has 2 aromatic rings. The number of nitrogens with one attached hydrogen (secondary N) is 1. The highest BCUT2D eigenvalue weighted by molar-refractivity contribution is 7.98. The van der Waals surface area contributed by atoms with Crippen LogP contribution in [0.25, 0.3) is 11.3 Å². The predicted molar refractivity (Wildman–Crippen MR) is 73.2 cm³/mol. The van der Waals surface area contributed by atoms with Gasteiger partial charge in [-0.05, 0) is 31.5 Å². The van der Waals surface area contributed by atoms with E-state index in [-0.39, 0.29) is 0 Å². The second kappa shape index (κ2) is 5.38. The SMILES string of the molecule is CNCc1cc(-c2ccc(SC)cc2)nn1C. The molecule has 1 aromatic carbocycles. The van der Waals surface area contributed by atoms with Gasteiger partial charge >= 0.3 is 0 Å². The summed E-state index contributed by atoms with van der Waals surface area (Å²) in [6.07, 6.45) is 2.08. The fraction of sp³-hybridized carbons (Fsp3) is 0.308. The van der Waals surface area contributed by atoms with Crippen LogP contribution in [-0.2, 0) is 13.6 Å². The van der Waals surface area contributed by atoms with E-state index in [1.807, 2.05) is 18.8 Å². The number of hydrogen-bond donors (Lipinski definition) is 1. The molecule has 0 atom stereocenters. The Labute approximate surface area is 106 Å². The van der Waals surface area contributed by atoms with Crippen molar-refractivity contribution in [2.75, 3.05) is 13.3 Å². The van der Waals surface area contributed by atoms with E-state index in [4.69, 9.17) is 0 Å². The molecule has 0 aliphatic rings. The van der Waals surface area contributed by atoms with Crippen molar-refractivity contribution in [2.45, 2.75) is 11.4 Å². The number of nitrogens with zero attached hydrogens (tertiary/aromatic N) is 2. The minimum Gasteiger partial charge on any atom is -0.314 e. The summed E-state index contributed by atoms with van der Waals surface area (Å²) >= 11 is 1.75. The number of thioether (sulfide) groups is 1. The second-order valence-corrected chi connectivity index (χ2v) is 4.78. The maximum absolute atomic E-state index is 4.52. The van der Waals surface area contributed by atoms with Gasteiger partial charge in [0.25, 0.3) is 0 Å². The first-order valence-corrected chi connectivity index (χ1v) is 6.79. The van der Waals surface area contributed by atoms with Crippen LogP contribution in [0.15, 0.2) is 35.2 Å². The Balaban J connectivity index is 2.29. The molecule has 0 fully saturated rings. The van der Waals surface area contributed by atoms with Gasteiger partial charge in [-0.2, -0.15) is 5.10 Å². The van der Waals surface area contributed by atoms with Crippen molar-refractivity contribution in [3.05, 3.63) is 36.0 Å². The highest BCUT2D eigenvalue weighted by atomic mass is 32.2. The van der Waals surface area contributed by atoms with E-state index in [0.29, 0.717) is 0 Å². The summed E-state index contributed by atoms with van der Waals surface area (Å²) in [5.41, 5.74) is 3.39. The molecule has 0 bridgehead atoms. The molecule has 4 heteroatoms. The Hall–Kier alpha value is -1.26. The molecular weight excluding hydrogens is 230 g/mol. The third-order valence-corrected chi connectivity index (χ3v) is 3.46. The number of hydrogen-bond acceptors (Lipinski definition) is 3. The quantitative estimate of drug-likeness (QED) is 0.842. The molecule has 0 unspecified atom stereocenters. The minimum atomic E-state index is 0.840. The van der Waals surface area contributed by atoms with Crippen LogP contribution in [0.5, 0.6) is 0 Å². The van der Waals surface area contributed by atoms with Crippen LogP contribution in [0, 0.1) is 0 Å². The van der Waals surface area contributed by atoms with E-state index in [1.54, 1.807) is 11.8 Å². The summed E-state index contributed by atoms with van der Waals surface area (Å²) in [7, 11) is 3.92. The molecule has 1 N–H and O–H groups in total. The molecule has 0 spiro atoms. The zero-order valence-electron chi connectivity index (χ0n) is 10.4. The van der Waals surface area contributed by atoms with Gasteiger partial charge in [0.2, 0.25) is 0 Å². The molecule has 0 saturated heterocycles. The Morgan fingerprint density at radius 2 is 2.00 bits per heavy atom. The first kappa shape index (κ1) is 12.2. The van der Waals surface area contributed by atoms with Crippen molar-refractivity contribution in [3.63, 3.8) is 0 Å². The first-order chi connectivity index (χ1) is 8.24. The summed E-state index contributed by atoms with van der Waals surface area (Å²) in [6.45, 7) is 0.840. The maximum Gasteiger partial charge on any atom is 0.0926 e. The molecule has 0 aliphatic heterocycles. The van der Waals surface area contributed by atoms with Gasteiger partial charge in [0.1, 0.15) is 0 Å². The number of rotatable bonds is 4. The van der Waals surface area contributed by atoms with Gasteiger partial charge in [-0.1, -0.05) is 12.1 Å². The number of aryl methyl sites for hydroxylation is 1. The molecule has 0 amide bonds. The predicted octanol–water partition coefficient (Wildman–Crippen LogP) is 2.53. The fourth-order valence-corrected chi connectivity index (χ4v) is 2.16. The summed E-state index contributed by atoms with van der Waals surface area (Å²) < 4.78 is 1.92. The highest BCUT2D eigenvalue weighted by Gasteiger charge is 2.06. The average molecular weight is 247 g/mol. The van der Waals surface area contributed by atoms with Gasteiger partial charge in [0.05, 0.1) is 11.4 Å². The lowest BCUT2D eigenvalue weighted by Crippen LogP contribution is -2.09. The molecular formula is C13H17N3S. The van der Waals surface area contributed by atoms with Crippen LogP contribution >= 0.6 is 11.8 Å². The first-order valence-electron chi connectivity index (χ1n) is 5.56. The van der Waals surface area contributed by atoms with Gasteiger partial charge < -0.3 is 5.32 Å². The standard InChI is InChI=1S/C13H17N3S/c1-14-9-11-8-13(15-16(11)2)10-4-6-12(17-3)7-5-10/h4-8,14H,9H2,1-3H3. The summed E-state index contributed by atoms with van der Waals surface area (Å²) in [5.74, 6) is 0. The molecule has 0 aliphatic carbocycles. The lowest BCUT2D eigenvalue weighted by molar-refractivity contribution is 0.673. The van der Waals surface area contributed by atoms with Gasteiger partial charge in [0, 0.05) is 24.1 Å². The lowest BCUT2D eigenvalue weighted by atomic mass is 10.1. The number of aromatic nitrogens is 2. The third-order valence-electron chi connectivity index (χ3n) is 2.72. The molecule has 90 valence electrons. The molecule has 1 aromatic heterocycles. The van der Waals surface area contributed by atoms with Crippen molar-refractivity contribution in [1.29, 1.82) is 0 Å². The van der Waals surface area contributed by atoms with E-state index in [2.05, 4.69) is 47.0 Å². The van der Waals surface area contributed by atoms with Gasteiger partial charge in [-0.3, -0.25) is 4.68 Å². The minimum absolute atomic E-state index is 0.840. The Kier molecular flexibility index (Phi) is 3.86. The Morgan fingerprint density at radius 1 is 1.29 bits per heavy atom. The van der Waals surface area contributed by atoms with Crippen LogP contribution in [-0.4, -0.2) is 23.1 Å². The van der Waals surface area contributed by atoms with Gasteiger partial charge in [0.15, 0.2) is 0 Å². The summed E-state index contributed by atoms with van der Waals surface area (Å²) in [4.78, 5) is 1.28. The summed E-state index contributed by atoms with van der Waals surface area (Å²) in [5, 5.41) is 7.67. The topological polar surface area (TPSA) is 29.9 Å². The molecule has 17 heavy (non-hydrogen) atoms. The normalized spacial score (nSPS) is 10.8. The van der Waals surface area contributed by atoms with Crippen molar-refractivity contribution in [2.24, 2.45) is 7.05 Å². The van der Waals surface area contributed by atoms with Crippen molar-refractivity contribution in [3.8, 4) is 11.3 Å². The second-order valence-electron chi connectivity index (χ2n) is 3.90. The van der Waals surface area contributed by atoms with Crippen molar-refractivity contribution < 1.29 is 0 Å². The van der Waals surface area contributed by atoms with E-state index in [9.17, 15) is 0 Å². The molecule has 0 saturated carbocycles. The van der Waals surface area contributed by atoms with E-state index in [0.717, 1.165) is 12.2 Å². The highest BCUT2D eigenvalue weighted by Crippen LogP contribution is 2.22. The van der Waals surface area contributed by atoms with Crippen molar-refractivity contribution in [1.82, 2.24) is 15.1 Å². The maximum atomic E-state index is 4.52. The zero-order chi connectivity index (χ0) is 12.3. The van der Waals surface area contributed by atoms with Crippen LogP contribution < -0.4 is 5.32 Å².